The average molecular weight is 401 g/mol. The first-order valence-electron chi connectivity index (χ1n) is 9.28. The molecule has 28 heavy (non-hydrogen) atoms. The smallest absolute Gasteiger partial charge is 0.285 e. The Balaban J connectivity index is 1.55. The summed E-state index contributed by atoms with van der Waals surface area (Å²) in [7, 11) is -1.82. The lowest BCUT2D eigenvalue weighted by molar-refractivity contribution is -0.121. The van der Waals surface area contributed by atoms with E-state index >= 15 is 0 Å². The molecule has 2 aliphatic heterocycles. The minimum atomic E-state index is -3.66. The molecule has 9 heteroatoms. The van der Waals surface area contributed by atoms with Crippen LogP contribution < -0.4 is 5.32 Å². The van der Waals surface area contributed by atoms with Crippen LogP contribution in [0.2, 0.25) is 0 Å². The number of nitrogens with zero attached hydrogens (tertiary/aromatic N) is 4. The van der Waals surface area contributed by atoms with E-state index in [-0.39, 0.29) is 16.7 Å². The van der Waals surface area contributed by atoms with E-state index in [1.165, 1.54) is 0 Å². The maximum absolute atomic E-state index is 12.9. The highest BCUT2D eigenvalue weighted by molar-refractivity contribution is 7.90. The topological polar surface area (TPSA) is 96.7 Å². The molecule has 0 aliphatic carbocycles. The van der Waals surface area contributed by atoms with Crippen molar-refractivity contribution in [1.29, 1.82) is 0 Å². The fraction of sp³-hybridized carbons (Fsp3) is 0.421. The molecule has 1 aromatic heterocycles. The fourth-order valence-electron chi connectivity index (χ4n) is 3.88. The summed E-state index contributed by atoms with van der Waals surface area (Å²) in [6.45, 7) is 4.90. The number of piperidine rings is 1. The summed E-state index contributed by atoms with van der Waals surface area (Å²) in [5.41, 5.74) is 3.04. The zero-order valence-corrected chi connectivity index (χ0v) is 17.0. The van der Waals surface area contributed by atoms with Gasteiger partial charge in [-0.3, -0.25) is 9.48 Å². The number of amidine groups is 1. The first kappa shape index (κ1) is 18.7. The van der Waals surface area contributed by atoms with Crippen molar-refractivity contribution in [3.05, 3.63) is 41.2 Å². The molecule has 1 amide bonds. The maximum Gasteiger partial charge on any atom is 0.285 e. The Morgan fingerprint density at radius 1 is 1.25 bits per heavy atom. The second-order valence-corrected chi connectivity index (χ2v) is 8.90. The molecular weight excluding hydrogens is 378 g/mol. The first-order chi connectivity index (χ1) is 13.3. The number of rotatable bonds is 2. The number of aryl methyl sites for hydroxylation is 2. The van der Waals surface area contributed by atoms with Crippen molar-refractivity contribution in [3.63, 3.8) is 0 Å². The number of sulfonamides is 1. The SMILES string of the molecule is Cc1nn(C)c(C)c1NC(=O)C1CCCN(C2=NS(=O)(=O)c3ccccc32)C1. The van der Waals surface area contributed by atoms with Gasteiger partial charge in [0, 0.05) is 25.7 Å². The third-order valence-corrected chi connectivity index (χ3v) is 6.79. The molecule has 3 heterocycles. The Bertz CT molecular complexity index is 1090. The number of hydrogen-bond donors (Lipinski definition) is 1. The van der Waals surface area contributed by atoms with Crippen molar-refractivity contribution in [2.24, 2.45) is 17.4 Å². The Morgan fingerprint density at radius 3 is 2.71 bits per heavy atom. The van der Waals surface area contributed by atoms with Gasteiger partial charge in [0.15, 0.2) is 5.84 Å². The van der Waals surface area contributed by atoms with Crippen molar-refractivity contribution >= 4 is 27.5 Å². The first-order valence-corrected chi connectivity index (χ1v) is 10.7. The zero-order valence-electron chi connectivity index (χ0n) is 16.1. The van der Waals surface area contributed by atoms with Crippen molar-refractivity contribution in [2.45, 2.75) is 31.6 Å². The van der Waals surface area contributed by atoms with Crippen LogP contribution in [0.1, 0.15) is 29.8 Å². The molecule has 1 fully saturated rings. The van der Waals surface area contributed by atoms with E-state index in [9.17, 15) is 13.2 Å². The van der Waals surface area contributed by atoms with Gasteiger partial charge in [-0.15, -0.1) is 4.40 Å². The summed E-state index contributed by atoms with van der Waals surface area (Å²) in [6.07, 6.45) is 1.55. The number of amides is 1. The standard InChI is InChI=1S/C19H23N5O3S/c1-12-17(13(2)23(3)21-12)20-19(25)14-7-6-10-24(11-14)18-15-8-4-5-9-16(15)28(26,27)22-18/h4-5,8-9,14H,6-7,10-11H2,1-3H3,(H,20,25). The highest BCUT2D eigenvalue weighted by Gasteiger charge is 2.35. The molecular formula is C19H23N5O3S. The molecule has 148 valence electrons. The summed E-state index contributed by atoms with van der Waals surface area (Å²) in [4.78, 5) is 15.0. The lowest BCUT2D eigenvalue weighted by atomic mass is 9.96. The normalized spacial score (nSPS) is 20.6. The van der Waals surface area contributed by atoms with Crippen LogP contribution in [-0.2, 0) is 21.9 Å². The molecule has 0 bridgehead atoms. The Morgan fingerprint density at radius 2 is 2.00 bits per heavy atom. The maximum atomic E-state index is 12.9. The van der Waals surface area contributed by atoms with Gasteiger partial charge in [0.1, 0.15) is 4.90 Å². The number of hydrogen-bond acceptors (Lipinski definition) is 5. The molecule has 1 N–H and O–H groups in total. The fourth-order valence-corrected chi connectivity index (χ4v) is 5.11. The molecule has 8 nitrogen and oxygen atoms in total. The summed E-state index contributed by atoms with van der Waals surface area (Å²) >= 11 is 0. The summed E-state index contributed by atoms with van der Waals surface area (Å²) in [5.74, 6) is 0.131. The van der Waals surface area contributed by atoms with E-state index in [0.717, 1.165) is 29.9 Å². The third kappa shape index (κ3) is 3.09. The number of nitrogens with one attached hydrogen (secondary N) is 1. The number of anilines is 1. The largest absolute Gasteiger partial charge is 0.355 e. The lowest BCUT2D eigenvalue weighted by Crippen LogP contribution is -2.43. The molecule has 4 rings (SSSR count). The summed E-state index contributed by atoms with van der Waals surface area (Å²) in [5, 5.41) is 7.34. The Hall–Kier alpha value is -2.68. The molecule has 2 aromatic rings. The summed E-state index contributed by atoms with van der Waals surface area (Å²) < 4.78 is 30.4. The van der Waals surface area contributed by atoms with Crippen LogP contribution in [0.15, 0.2) is 33.6 Å². The van der Waals surface area contributed by atoms with Crippen LogP contribution in [0.4, 0.5) is 5.69 Å². The highest BCUT2D eigenvalue weighted by Crippen LogP contribution is 2.30. The van der Waals surface area contributed by atoms with E-state index in [0.29, 0.717) is 24.5 Å². The molecule has 1 aromatic carbocycles. The van der Waals surface area contributed by atoms with Crippen LogP contribution >= 0.6 is 0 Å². The van der Waals surface area contributed by atoms with E-state index in [1.807, 2.05) is 25.8 Å². The van der Waals surface area contributed by atoms with Gasteiger partial charge >= 0.3 is 0 Å². The van der Waals surface area contributed by atoms with E-state index in [1.54, 1.807) is 28.9 Å². The second kappa shape index (κ2) is 6.73. The molecule has 0 saturated carbocycles. The van der Waals surface area contributed by atoms with Gasteiger partial charge in [-0.2, -0.15) is 13.5 Å². The predicted molar refractivity (Wildman–Crippen MR) is 106 cm³/mol. The second-order valence-electron chi connectivity index (χ2n) is 7.33. The number of benzene rings is 1. The van der Waals surface area contributed by atoms with Crippen LogP contribution in [0.25, 0.3) is 0 Å². The van der Waals surface area contributed by atoms with Gasteiger partial charge in [0.05, 0.1) is 23.0 Å². The number of fused-ring (bicyclic) bond motifs is 1. The van der Waals surface area contributed by atoms with Crippen LogP contribution in [0, 0.1) is 19.8 Å². The van der Waals surface area contributed by atoms with Gasteiger partial charge in [-0.25, -0.2) is 0 Å². The van der Waals surface area contributed by atoms with Crippen LogP contribution in [-0.4, -0.2) is 47.9 Å². The zero-order chi connectivity index (χ0) is 20.1. The number of likely N-dealkylation sites (tertiary alicyclic amines) is 1. The number of carbonyl (C=O) groups excluding carboxylic acids is 1. The Labute approximate surface area is 164 Å². The highest BCUT2D eigenvalue weighted by atomic mass is 32.2. The third-order valence-electron chi connectivity index (χ3n) is 5.46. The van der Waals surface area contributed by atoms with Gasteiger partial charge in [-0.1, -0.05) is 12.1 Å². The van der Waals surface area contributed by atoms with Crippen molar-refractivity contribution in [2.75, 3.05) is 18.4 Å². The predicted octanol–water partition coefficient (Wildman–Crippen LogP) is 1.84. The summed E-state index contributed by atoms with van der Waals surface area (Å²) in [6, 6.07) is 6.84. The molecule has 0 radical (unpaired) electrons. The Kier molecular flexibility index (Phi) is 4.49. The monoisotopic (exact) mass is 401 g/mol. The van der Waals surface area contributed by atoms with Crippen LogP contribution in [0.3, 0.4) is 0 Å². The number of carbonyl (C=O) groups is 1. The molecule has 1 unspecified atom stereocenters. The quantitative estimate of drug-likeness (QED) is 0.828. The lowest BCUT2D eigenvalue weighted by Gasteiger charge is -2.33. The minimum absolute atomic E-state index is 0.0707. The molecule has 1 saturated heterocycles. The van der Waals surface area contributed by atoms with Crippen LogP contribution in [0.5, 0.6) is 0 Å². The van der Waals surface area contributed by atoms with Gasteiger partial charge in [-0.05, 0) is 38.8 Å². The van der Waals surface area contributed by atoms with E-state index in [4.69, 9.17) is 0 Å². The molecule has 1 atom stereocenters. The molecule has 0 spiro atoms. The minimum Gasteiger partial charge on any atom is -0.355 e. The van der Waals surface area contributed by atoms with Crippen molar-refractivity contribution in [3.8, 4) is 0 Å². The van der Waals surface area contributed by atoms with Gasteiger partial charge < -0.3 is 10.2 Å². The van der Waals surface area contributed by atoms with Gasteiger partial charge in [0.2, 0.25) is 5.91 Å². The van der Waals surface area contributed by atoms with Gasteiger partial charge in [0.25, 0.3) is 10.0 Å². The van der Waals surface area contributed by atoms with E-state index < -0.39 is 10.0 Å². The van der Waals surface area contributed by atoms with Crippen molar-refractivity contribution < 1.29 is 13.2 Å². The molecule has 2 aliphatic rings. The average Bonchev–Trinajstić information content (AvgIpc) is 3.09. The number of aromatic nitrogens is 2. The van der Waals surface area contributed by atoms with E-state index in [2.05, 4.69) is 14.8 Å². The van der Waals surface area contributed by atoms with Crippen molar-refractivity contribution in [1.82, 2.24) is 14.7 Å².